The van der Waals surface area contributed by atoms with Crippen LogP contribution in [0.15, 0.2) is 24.3 Å². The molecule has 0 aromatic heterocycles. The van der Waals surface area contributed by atoms with Gasteiger partial charge < -0.3 is 15.4 Å². The van der Waals surface area contributed by atoms with Gasteiger partial charge in [0.1, 0.15) is 0 Å². The molecule has 0 radical (unpaired) electrons. The second-order valence-corrected chi connectivity index (χ2v) is 4.71. The molecule has 0 aliphatic heterocycles. The fraction of sp³-hybridized carbons (Fsp3) is 0.357. The number of esters is 1. The third kappa shape index (κ3) is 7.31. The molecule has 0 aliphatic rings. The van der Waals surface area contributed by atoms with E-state index in [0.29, 0.717) is 11.6 Å². The quantitative estimate of drug-likeness (QED) is 0.750. The summed E-state index contributed by atoms with van der Waals surface area (Å²) in [5.41, 5.74) is 0.895. The van der Waals surface area contributed by atoms with Crippen LogP contribution in [-0.2, 0) is 20.9 Å². The summed E-state index contributed by atoms with van der Waals surface area (Å²) in [6.45, 7) is 0.211. The van der Waals surface area contributed by atoms with E-state index in [1.165, 1.54) is 7.11 Å². The number of urea groups is 1. The number of rotatable bonds is 7. The number of hydrogen-bond acceptors (Lipinski definition) is 4. The van der Waals surface area contributed by atoms with E-state index in [4.69, 9.17) is 11.6 Å². The Balaban J connectivity index is 2.20. The van der Waals surface area contributed by atoms with Crippen molar-refractivity contribution in [3.05, 3.63) is 34.9 Å². The predicted molar refractivity (Wildman–Crippen MR) is 77.9 cm³/mol. The van der Waals surface area contributed by atoms with Crippen LogP contribution in [0.1, 0.15) is 18.4 Å². The van der Waals surface area contributed by atoms with Crippen molar-refractivity contribution in [2.75, 3.05) is 13.7 Å². The normalized spacial score (nSPS) is 9.81. The molecule has 21 heavy (non-hydrogen) atoms. The summed E-state index contributed by atoms with van der Waals surface area (Å²) in [6, 6.07) is 6.60. The summed E-state index contributed by atoms with van der Waals surface area (Å²) < 4.78 is 4.42. The average molecular weight is 313 g/mol. The second-order valence-electron chi connectivity index (χ2n) is 4.28. The van der Waals surface area contributed by atoms with Gasteiger partial charge in [-0.3, -0.25) is 9.59 Å². The van der Waals surface area contributed by atoms with Crippen molar-refractivity contribution >= 4 is 29.4 Å². The van der Waals surface area contributed by atoms with Gasteiger partial charge in [-0.15, -0.1) is 0 Å². The number of benzene rings is 1. The highest BCUT2D eigenvalue weighted by Gasteiger charge is 2.08. The van der Waals surface area contributed by atoms with Crippen molar-refractivity contribution in [3.8, 4) is 0 Å². The van der Waals surface area contributed by atoms with Crippen molar-refractivity contribution in [2.45, 2.75) is 19.4 Å². The van der Waals surface area contributed by atoms with Crippen LogP contribution in [0.3, 0.4) is 0 Å². The molecule has 0 fully saturated rings. The van der Waals surface area contributed by atoms with E-state index in [2.05, 4.69) is 15.4 Å². The molecule has 1 aromatic rings. The number of ketones is 1. The van der Waals surface area contributed by atoms with Crippen LogP contribution in [0.5, 0.6) is 0 Å². The lowest BCUT2D eigenvalue weighted by Crippen LogP contribution is -2.38. The Bertz CT molecular complexity index is 502. The number of ether oxygens (including phenoxy) is 1. The molecule has 0 atom stereocenters. The minimum atomic E-state index is -0.449. The maximum Gasteiger partial charge on any atom is 0.315 e. The first-order chi connectivity index (χ1) is 10.0. The number of carbonyl (C=O) groups is 3. The van der Waals surface area contributed by atoms with Crippen LogP contribution in [0, 0.1) is 0 Å². The molecule has 6 nitrogen and oxygen atoms in total. The van der Waals surface area contributed by atoms with Crippen LogP contribution < -0.4 is 10.6 Å². The summed E-state index contributed by atoms with van der Waals surface area (Å²) >= 11 is 5.75. The van der Waals surface area contributed by atoms with Gasteiger partial charge in [-0.1, -0.05) is 23.7 Å². The van der Waals surface area contributed by atoms with Crippen LogP contribution in [0.4, 0.5) is 4.79 Å². The Morgan fingerprint density at radius 1 is 1.10 bits per heavy atom. The molecule has 1 aromatic carbocycles. The van der Waals surface area contributed by atoms with Gasteiger partial charge in [-0.2, -0.15) is 0 Å². The number of nitrogens with one attached hydrogen (secondary N) is 2. The van der Waals surface area contributed by atoms with Gasteiger partial charge in [0.25, 0.3) is 0 Å². The standard InChI is InChI=1S/C14H17ClN2O4/c1-21-13(19)7-6-12(18)9-17-14(20)16-8-10-2-4-11(15)5-3-10/h2-5H,6-9H2,1H3,(H2,16,17,20). The van der Waals surface area contributed by atoms with Crippen LogP contribution in [0.2, 0.25) is 5.02 Å². The van der Waals surface area contributed by atoms with Crippen molar-refractivity contribution in [1.29, 1.82) is 0 Å². The highest BCUT2D eigenvalue weighted by Crippen LogP contribution is 2.08. The molecule has 0 saturated carbocycles. The molecular weight excluding hydrogens is 296 g/mol. The summed E-state index contributed by atoms with van der Waals surface area (Å²) in [7, 11) is 1.26. The third-order valence-corrected chi connectivity index (χ3v) is 2.90. The molecule has 0 unspecified atom stereocenters. The topological polar surface area (TPSA) is 84.5 Å². The van der Waals surface area contributed by atoms with E-state index in [0.717, 1.165) is 5.56 Å². The van der Waals surface area contributed by atoms with Crippen LogP contribution in [0.25, 0.3) is 0 Å². The second kappa shape index (κ2) is 8.97. The van der Waals surface area contributed by atoms with Gasteiger partial charge in [0.05, 0.1) is 20.1 Å². The Hall–Kier alpha value is -2.08. The van der Waals surface area contributed by atoms with Crippen LogP contribution in [-0.4, -0.2) is 31.4 Å². The van der Waals surface area contributed by atoms with E-state index in [-0.39, 0.29) is 25.2 Å². The van der Waals surface area contributed by atoms with Crippen LogP contribution >= 0.6 is 11.6 Å². The predicted octanol–water partition coefficient (Wildman–Crippen LogP) is 1.66. The Morgan fingerprint density at radius 2 is 1.76 bits per heavy atom. The lowest BCUT2D eigenvalue weighted by Gasteiger charge is -2.07. The zero-order valence-electron chi connectivity index (χ0n) is 11.6. The first kappa shape index (κ1) is 17.0. The van der Waals surface area contributed by atoms with E-state index in [9.17, 15) is 14.4 Å². The highest BCUT2D eigenvalue weighted by molar-refractivity contribution is 6.30. The summed E-state index contributed by atoms with van der Waals surface area (Å²) in [5.74, 6) is -0.683. The average Bonchev–Trinajstić information content (AvgIpc) is 2.49. The number of methoxy groups -OCH3 is 1. The Labute approximate surface area is 127 Å². The molecule has 114 valence electrons. The molecular formula is C14H17ClN2O4. The van der Waals surface area contributed by atoms with Crippen molar-refractivity contribution < 1.29 is 19.1 Å². The van der Waals surface area contributed by atoms with E-state index >= 15 is 0 Å². The fourth-order valence-electron chi connectivity index (χ4n) is 1.46. The van der Waals surface area contributed by atoms with Gasteiger partial charge in [-0.05, 0) is 17.7 Å². The van der Waals surface area contributed by atoms with E-state index < -0.39 is 12.0 Å². The summed E-state index contributed by atoms with van der Waals surface area (Å²) in [6.07, 6.45) is 0.0630. The molecule has 7 heteroatoms. The maximum atomic E-state index is 11.5. The van der Waals surface area contributed by atoms with Gasteiger partial charge in [0.15, 0.2) is 5.78 Å². The highest BCUT2D eigenvalue weighted by atomic mass is 35.5. The van der Waals surface area contributed by atoms with Crippen molar-refractivity contribution in [3.63, 3.8) is 0 Å². The molecule has 0 aliphatic carbocycles. The molecule has 2 amide bonds. The lowest BCUT2D eigenvalue weighted by atomic mass is 10.2. The Morgan fingerprint density at radius 3 is 2.38 bits per heavy atom. The van der Waals surface area contributed by atoms with Gasteiger partial charge in [-0.25, -0.2) is 4.79 Å². The number of carbonyl (C=O) groups excluding carboxylic acids is 3. The lowest BCUT2D eigenvalue weighted by molar-refractivity contribution is -0.141. The minimum absolute atomic E-state index is 0.0173. The smallest absolute Gasteiger partial charge is 0.315 e. The number of halogens is 1. The zero-order chi connectivity index (χ0) is 15.7. The van der Waals surface area contributed by atoms with Crippen molar-refractivity contribution in [1.82, 2.24) is 10.6 Å². The van der Waals surface area contributed by atoms with Crippen molar-refractivity contribution in [2.24, 2.45) is 0 Å². The molecule has 1 rings (SSSR count). The fourth-order valence-corrected chi connectivity index (χ4v) is 1.58. The molecule has 0 spiro atoms. The van der Waals surface area contributed by atoms with Gasteiger partial charge in [0.2, 0.25) is 0 Å². The van der Waals surface area contributed by atoms with E-state index in [1.54, 1.807) is 24.3 Å². The molecule has 0 heterocycles. The van der Waals surface area contributed by atoms with Gasteiger partial charge >= 0.3 is 12.0 Å². The number of Topliss-reactive ketones (excluding diaryl/α,β-unsaturated/α-hetero) is 1. The monoisotopic (exact) mass is 312 g/mol. The Kier molecular flexibility index (Phi) is 7.25. The number of amides is 2. The zero-order valence-corrected chi connectivity index (χ0v) is 12.4. The maximum absolute atomic E-state index is 11.5. The minimum Gasteiger partial charge on any atom is -0.469 e. The van der Waals surface area contributed by atoms with E-state index in [1.807, 2.05) is 0 Å². The first-order valence-corrected chi connectivity index (χ1v) is 6.73. The SMILES string of the molecule is COC(=O)CCC(=O)CNC(=O)NCc1ccc(Cl)cc1. The molecule has 0 saturated heterocycles. The largest absolute Gasteiger partial charge is 0.469 e. The third-order valence-electron chi connectivity index (χ3n) is 2.65. The summed E-state index contributed by atoms with van der Waals surface area (Å²) in [5, 5.41) is 5.67. The molecule has 2 N–H and O–H groups in total. The number of hydrogen-bond donors (Lipinski definition) is 2. The summed E-state index contributed by atoms with van der Waals surface area (Å²) in [4.78, 5) is 33.8. The van der Waals surface area contributed by atoms with Gasteiger partial charge in [0, 0.05) is 18.0 Å². The first-order valence-electron chi connectivity index (χ1n) is 6.36. The molecule has 0 bridgehead atoms.